The molecular formula is C21H19N3O4S. The number of hydrogen-bond donors (Lipinski definition) is 3. The second kappa shape index (κ2) is 7.92. The minimum atomic E-state index is -0.377. The molecule has 1 saturated carbocycles. The van der Waals surface area contributed by atoms with Crippen LogP contribution in [0.3, 0.4) is 0 Å². The van der Waals surface area contributed by atoms with Crippen molar-refractivity contribution in [2.75, 3.05) is 10.6 Å². The van der Waals surface area contributed by atoms with Crippen molar-refractivity contribution in [2.24, 2.45) is 0 Å². The average molecular weight is 409 g/mol. The summed E-state index contributed by atoms with van der Waals surface area (Å²) in [7, 11) is 0. The van der Waals surface area contributed by atoms with Gasteiger partial charge in [-0.3, -0.25) is 14.4 Å². The Bertz CT molecular complexity index is 1070. The van der Waals surface area contributed by atoms with Crippen LogP contribution in [-0.4, -0.2) is 23.8 Å². The number of aryl methyl sites for hydroxylation is 1. The molecule has 0 aliphatic heterocycles. The van der Waals surface area contributed by atoms with E-state index in [1.807, 2.05) is 0 Å². The van der Waals surface area contributed by atoms with E-state index in [2.05, 4.69) is 16.0 Å². The lowest BCUT2D eigenvalue weighted by molar-refractivity contribution is 0.0948. The predicted octanol–water partition coefficient (Wildman–Crippen LogP) is 4.05. The second-order valence-electron chi connectivity index (χ2n) is 6.84. The van der Waals surface area contributed by atoms with Gasteiger partial charge >= 0.3 is 0 Å². The van der Waals surface area contributed by atoms with Gasteiger partial charge in [-0.2, -0.15) is 0 Å². The van der Waals surface area contributed by atoms with Gasteiger partial charge in [-0.1, -0.05) is 6.07 Å². The van der Waals surface area contributed by atoms with Crippen molar-refractivity contribution in [1.82, 2.24) is 5.32 Å². The number of nitrogens with one attached hydrogen (secondary N) is 3. The zero-order chi connectivity index (χ0) is 20.4. The molecular weight excluding hydrogens is 390 g/mol. The number of benzene rings is 1. The molecule has 4 rings (SSSR count). The number of amides is 3. The van der Waals surface area contributed by atoms with Crippen molar-refractivity contribution < 1.29 is 18.8 Å². The van der Waals surface area contributed by atoms with Crippen LogP contribution in [0.5, 0.6) is 0 Å². The van der Waals surface area contributed by atoms with Crippen molar-refractivity contribution in [3.63, 3.8) is 0 Å². The molecule has 0 radical (unpaired) electrons. The molecule has 1 aliphatic carbocycles. The standard InChI is InChI=1S/C21H19N3O4S/c1-12-10-17(24-20(26)16-6-3-9-28-16)29-18(12)21(27)23-15-5-2-4-13(11-15)19(25)22-14-7-8-14/h2-6,9-11,14H,7-8H2,1H3,(H,22,25)(H,23,27)(H,24,26). The predicted molar refractivity (Wildman–Crippen MR) is 111 cm³/mol. The third-order valence-corrected chi connectivity index (χ3v) is 5.55. The first kappa shape index (κ1) is 18.9. The maximum Gasteiger partial charge on any atom is 0.291 e. The number of furan rings is 1. The highest BCUT2D eigenvalue weighted by Gasteiger charge is 2.24. The highest BCUT2D eigenvalue weighted by atomic mass is 32.1. The molecule has 1 aliphatic rings. The lowest BCUT2D eigenvalue weighted by Crippen LogP contribution is -2.25. The summed E-state index contributed by atoms with van der Waals surface area (Å²) in [6.45, 7) is 1.80. The first-order valence-electron chi connectivity index (χ1n) is 9.17. The summed E-state index contributed by atoms with van der Waals surface area (Å²) >= 11 is 1.17. The molecule has 3 N–H and O–H groups in total. The lowest BCUT2D eigenvalue weighted by Gasteiger charge is -2.07. The van der Waals surface area contributed by atoms with Crippen LogP contribution in [0.2, 0.25) is 0 Å². The first-order valence-corrected chi connectivity index (χ1v) is 9.99. The first-order chi connectivity index (χ1) is 14.0. The van der Waals surface area contributed by atoms with Gasteiger partial charge in [0.05, 0.1) is 16.1 Å². The Hall–Kier alpha value is -3.39. The van der Waals surface area contributed by atoms with Crippen LogP contribution in [0.15, 0.2) is 53.1 Å². The molecule has 7 nitrogen and oxygen atoms in total. The summed E-state index contributed by atoms with van der Waals surface area (Å²) in [5.74, 6) is -0.620. The third-order valence-electron chi connectivity index (χ3n) is 4.40. The molecule has 3 aromatic rings. The Balaban J connectivity index is 1.44. The van der Waals surface area contributed by atoms with Crippen molar-refractivity contribution in [3.05, 3.63) is 70.5 Å². The number of thiophene rings is 1. The van der Waals surface area contributed by atoms with Gasteiger partial charge in [-0.05, 0) is 61.7 Å². The summed E-state index contributed by atoms with van der Waals surface area (Å²) in [6, 6.07) is 12.0. The van der Waals surface area contributed by atoms with Crippen LogP contribution in [0, 0.1) is 6.92 Å². The molecule has 0 saturated heterocycles. The lowest BCUT2D eigenvalue weighted by atomic mass is 10.2. The SMILES string of the molecule is Cc1cc(NC(=O)c2ccco2)sc1C(=O)Nc1cccc(C(=O)NC2CC2)c1. The van der Waals surface area contributed by atoms with E-state index in [1.165, 1.54) is 17.6 Å². The van der Waals surface area contributed by atoms with Crippen LogP contribution in [0.25, 0.3) is 0 Å². The third kappa shape index (κ3) is 4.55. The number of carbonyl (C=O) groups is 3. The Morgan fingerprint density at radius 3 is 2.55 bits per heavy atom. The number of carbonyl (C=O) groups excluding carboxylic acids is 3. The van der Waals surface area contributed by atoms with Gasteiger partial charge in [0.1, 0.15) is 0 Å². The Kier molecular flexibility index (Phi) is 5.18. The molecule has 8 heteroatoms. The van der Waals surface area contributed by atoms with Crippen LogP contribution in [0.1, 0.15) is 49.0 Å². The van der Waals surface area contributed by atoms with Gasteiger partial charge < -0.3 is 20.4 Å². The van der Waals surface area contributed by atoms with Gasteiger partial charge in [0.15, 0.2) is 5.76 Å². The van der Waals surface area contributed by atoms with Crippen LogP contribution in [0.4, 0.5) is 10.7 Å². The van der Waals surface area contributed by atoms with E-state index in [4.69, 9.17) is 4.42 Å². The summed E-state index contributed by atoms with van der Waals surface area (Å²) < 4.78 is 5.07. The molecule has 2 aromatic heterocycles. The number of rotatable bonds is 6. The quantitative estimate of drug-likeness (QED) is 0.572. The highest BCUT2D eigenvalue weighted by Crippen LogP contribution is 2.28. The molecule has 2 heterocycles. The average Bonchev–Trinajstić information content (AvgIpc) is 3.18. The monoisotopic (exact) mass is 409 g/mol. The Morgan fingerprint density at radius 2 is 1.83 bits per heavy atom. The molecule has 148 valence electrons. The molecule has 0 bridgehead atoms. The topological polar surface area (TPSA) is 100 Å². The summed E-state index contributed by atoms with van der Waals surface area (Å²) in [5, 5.41) is 9.02. The van der Waals surface area contributed by atoms with Gasteiger partial charge in [-0.25, -0.2) is 0 Å². The molecule has 0 spiro atoms. The van der Waals surface area contributed by atoms with E-state index >= 15 is 0 Å². The summed E-state index contributed by atoms with van der Waals surface area (Å²) in [4.78, 5) is 37.5. The fourth-order valence-electron chi connectivity index (χ4n) is 2.77. The van der Waals surface area contributed by atoms with Crippen LogP contribution in [-0.2, 0) is 0 Å². The zero-order valence-corrected chi connectivity index (χ0v) is 16.5. The van der Waals surface area contributed by atoms with Crippen molar-refractivity contribution >= 4 is 39.7 Å². The summed E-state index contributed by atoms with van der Waals surface area (Å²) in [5.41, 5.74) is 1.78. The molecule has 1 aromatic carbocycles. The zero-order valence-electron chi connectivity index (χ0n) is 15.7. The maximum atomic E-state index is 12.7. The van der Waals surface area contributed by atoms with Crippen LogP contribution < -0.4 is 16.0 Å². The van der Waals surface area contributed by atoms with Crippen molar-refractivity contribution in [3.8, 4) is 0 Å². The minimum Gasteiger partial charge on any atom is -0.459 e. The van der Waals surface area contributed by atoms with Gasteiger partial charge in [0.25, 0.3) is 17.7 Å². The van der Waals surface area contributed by atoms with Crippen LogP contribution >= 0.6 is 11.3 Å². The van der Waals surface area contributed by atoms with E-state index in [1.54, 1.807) is 49.4 Å². The molecule has 29 heavy (non-hydrogen) atoms. The fraction of sp³-hybridized carbons (Fsp3) is 0.190. The molecule has 1 fully saturated rings. The Morgan fingerprint density at radius 1 is 1.00 bits per heavy atom. The molecule has 3 amide bonds. The van der Waals surface area contributed by atoms with E-state index in [-0.39, 0.29) is 29.5 Å². The van der Waals surface area contributed by atoms with E-state index in [9.17, 15) is 14.4 Å². The highest BCUT2D eigenvalue weighted by molar-refractivity contribution is 7.18. The molecule has 0 unspecified atom stereocenters. The van der Waals surface area contributed by atoms with Gasteiger partial charge in [-0.15, -0.1) is 11.3 Å². The van der Waals surface area contributed by atoms with Gasteiger partial charge in [0, 0.05) is 17.3 Å². The number of anilines is 2. The second-order valence-corrected chi connectivity index (χ2v) is 7.89. The fourth-order valence-corrected chi connectivity index (χ4v) is 3.74. The van der Waals surface area contributed by atoms with E-state index in [0.717, 1.165) is 18.4 Å². The largest absolute Gasteiger partial charge is 0.459 e. The maximum absolute atomic E-state index is 12.7. The number of hydrogen-bond acceptors (Lipinski definition) is 5. The van der Waals surface area contributed by atoms with Crippen molar-refractivity contribution in [1.29, 1.82) is 0 Å². The van der Waals surface area contributed by atoms with Crippen molar-refractivity contribution in [2.45, 2.75) is 25.8 Å². The summed E-state index contributed by atoms with van der Waals surface area (Å²) in [6.07, 6.45) is 3.45. The van der Waals surface area contributed by atoms with Gasteiger partial charge in [0.2, 0.25) is 0 Å². The smallest absolute Gasteiger partial charge is 0.291 e. The van der Waals surface area contributed by atoms with E-state index in [0.29, 0.717) is 21.1 Å². The van der Waals surface area contributed by atoms with E-state index < -0.39 is 0 Å². The minimum absolute atomic E-state index is 0.140. The molecule has 0 atom stereocenters. The normalized spacial score (nSPS) is 13.0. The Labute approximate surface area is 171 Å².